The zero-order valence-electron chi connectivity index (χ0n) is 16.0. The topological polar surface area (TPSA) is 115 Å². The Morgan fingerprint density at radius 2 is 2.21 bits per heavy atom. The van der Waals surface area contributed by atoms with E-state index < -0.39 is 11.2 Å². The van der Waals surface area contributed by atoms with Gasteiger partial charge in [-0.1, -0.05) is 11.3 Å². The second-order valence-corrected chi connectivity index (χ2v) is 9.21. The van der Waals surface area contributed by atoms with Crippen LogP contribution >= 0.6 is 11.3 Å². The van der Waals surface area contributed by atoms with Gasteiger partial charge >= 0.3 is 0 Å². The average Bonchev–Trinajstić information content (AvgIpc) is 3.31. The molecule has 4 rings (SSSR count). The molecule has 0 saturated heterocycles. The molecule has 150 valence electrons. The SMILES string of the molecule is COCCC[S+]([O-])c1sc2nc(-c3cccnc3)nc(-c3cn(C)cn3)c2c1N. The highest BCUT2D eigenvalue weighted by Crippen LogP contribution is 2.41. The summed E-state index contributed by atoms with van der Waals surface area (Å²) in [7, 11) is 3.52. The Morgan fingerprint density at radius 1 is 1.34 bits per heavy atom. The molecule has 0 saturated carbocycles. The number of pyridine rings is 1. The fourth-order valence-corrected chi connectivity index (χ4v) is 5.54. The standard InChI is InChI=1S/C19H20N6O2S2/c1-25-10-13(22-11-25)16-14-15(20)19(29(26)8-4-7-27-2)28-18(14)24-17(23-16)12-5-3-6-21-9-12/h3,5-6,9-11H,4,7-8,20H2,1-2H3. The van der Waals surface area contributed by atoms with Gasteiger partial charge in [0.1, 0.15) is 27.7 Å². The van der Waals surface area contributed by atoms with Crippen molar-refractivity contribution in [2.75, 3.05) is 25.2 Å². The van der Waals surface area contributed by atoms with Gasteiger partial charge in [-0.05, 0) is 23.3 Å². The summed E-state index contributed by atoms with van der Waals surface area (Å²) in [6, 6.07) is 3.74. The molecule has 0 amide bonds. The number of nitrogens with two attached hydrogens (primary N) is 1. The number of thiophene rings is 1. The van der Waals surface area contributed by atoms with Crippen molar-refractivity contribution in [2.45, 2.75) is 10.6 Å². The van der Waals surface area contributed by atoms with Crippen molar-refractivity contribution in [3.05, 3.63) is 37.1 Å². The molecule has 29 heavy (non-hydrogen) atoms. The van der Waals surface area contributed by atoms with E-state index in [0.717, 1.165) is 5.56 Å². The van der Waals surface area contributed by atoms with E-state index in [-0.39, 0.29) is 0 Å². The van der Waals surface area contributed by atoms with Crippen LogP contribution in [0.4, 0.5) is 5.69 Å². The smallest absolute Gasteiger partial charge is 0.232 e. The first kappa shape index (κ1) is 19.8. The molecule has 8 nitrogen and oxygen atoms in total. The van der Waals surface area contributed by atoms with E-state index in [2.05, 4.69) is 9.97 Å². The number of aryl methyl sites for hydroxylation is 1. The molecule has 4 aromatic heterocycles. The van der Waals surface area contributed by atoms with Crippen LogP contribution in [-0.4, -0.2) is 48.5 Å². The Kier molecular flexibility index (Phi) is 5.76. The molecule has 1 atom stereocenters. The molecule has 4 aromatic rings. The molecular formula is C19H20N6O2S2. The Hall–Kier alpha value is -2.53. The van der Waals surface area contributed by atoms with Crippen LogP contribution in [0.3, 0.4) is 0 Å². The number of aromatic nitrogens is 5. The third-order valence-corrected chi connectivity index (χ3v) is 7.30. The molecule has 0 spiro atoms. The molecule has 0 bridgehead atoms. The van der Waals surface area contributed by atoms with Crippen LogP contribution in [0, 0.1) is 0 Å². The van der Waals surface area contributed by atoms with Gasteiger partial charge in [-0.25, -0.2) is 15.0 Å². The molecule has 0 aromatic carbocycles. The first-order valence-corrected chi connectivity index (χ1v) is 11.1. The summed E-state index contributed by atoms with van der Waals surface area (Å²) >= 11 is 0.111. The minimum atomic E-state index is -1.23. The minimum Gasteiger partial charge on any atom is -0.611 e. The summed E-state index contributed by atoms with van der Waals surface area (Å²) in [5.74, 6) is 1.01. The normalized spacial score (nSPS) is 12.5. The molecule has 4 heterocycles. The van der Waals surface area contributed by atoms with E-state index in [1.807, 2.05) is 29.9 Å². The van der Waals surface area contributed by atoms with Gasteiger partial charge in [-0.3, -0.25) is 4.98 Å². The maximum absolute atomic E-state index is 12.8. The van der Waals surface area contributed by atoms with Gasteiger partial charge in [0.25, 0.3) is 0 Å². The first-order chi connectivity index (χ1) is 14.1. The lowest BCUT2D eigenvalue weighted by Crippen LogP contribution is -2.09. The van der Waals surface area contributed by atoms with E-state index in [1.54, 1.807) is 25.8 Å². The van der Waals surface area contributed by atoms with E-state index in [9.17, 15) is 4.55 Å². The number of anilines is 1. The van der Waals surface area contributed by atoms with Crippen molar-refractivity contribution in [1.82, 2.24) is 24.5 Å². The number of nitrogen functional groups attached to an aromatic ring is 1. The molecule has 0 fully saturated rings. The van der Waals surface area contributed by atoms with Crippen LogP contribution < -0.4 is 5.73 Å². The van der Waals surface area contributed by atoms with Crippen LogP contribution in [0.2, 0.25) is 0 Å². The summed E-state index contributed by atoms with van der Waals surface area (Å²) in [5, 5.41) is 0.691. The van der Waals surface area contributed by atoms with Gasteiger partial charge in [-0.15, -0.1) is 0 Å². The maximum atomic E-state index is 12.8. The van der Waals surface area contributed by atoms with Crippen molar-refractivity contribution in [3.63, 3.8) is 0 Å². The number of rotatable bonds is 7. The fraction of sp³-hybridized carbons (Fsp3) is 0.263. The second kappa shape index (κ2) is 8.46. The first-order valence-electron chi connectivity index (χ1n) is 8.94. The van der Waals surface area contributed by atoms with E-state index in [1.165, 1.54) is 11.3 Å². The predicted octanol–water partition coefficient (Wildman–Crippen LogP) is 2.88. The van der Waals surface area contributed by atoms with Crippen LogP contribution in [-0.2, 0) is 23.0 Å². The van der Waals surface area contributed by atoms with Crippen molar-refractivity contribution in [3.8, 4) is 22.8 Å². The number of nitrogens with zero attached hydrogens (tertiary/aromatic N) is 5. The zero-order valence-corrected chi connectivity index (χ0v) is 17.7. The number of imidazole rings is 1. The van der Waals surface area contributed by atoms with Crippen LogP contribution in [0.5, 0.6) is 0 Å². The molecule has 0 radical (unpaired) electrons. The van der Waals surface area contributed by atoms with Gasteiger partial charge in [0.05, 0.1) is 18.3 Å². The summed E-state index contributed by atoms with van der Waals surface area (Å²) in [6.07, 6.45) is 7.69. The molecule has 0 aliphatic rings. The van der Waals surface area contributed by atoms with Crippen molar-refractivity contribution >= 4 is 38.4 Å². The lowest BCUT2D eigenvalue weighted by Gasteiger charge is -2.08. The number of hydrogen-bond donors (Lipinski definition) is 1. The Balaban J connectivity index is 1.87. The summed E-state index contributed by atoms with van der Waals surface area (Å²) in [4.78, 5) is 18.7. The molecule has 0 aliphatic carbocycles. The van der Waals surface area contributed by atoms with Crippen LogP contribution in [0.1, 0.15) is 6.42 Å². The Labute approximate surface area is 175 Å². The summed E-state index contributed by atoms with van der Waals surface area (Å²) in [6.45, 7) is 0.556. The van der Waals surface area contributed by atoms with Crippen LogP contribution in [0.15, 0.2) is 41.3 Å². The van der Waals surface area contributed by atoms with Gasteiger partial charge in [0.15, 0.2) is 5.82 Å². The number of hydrogen-bond acceptors (Lipinski definition) is 8. The zero-order chi connectivity index (χ0) is 20.4. The summed E-state index contributed by atoms with van der Waals surface area (Å²) < 4.78 is 20.3. The molecule has 0 aliphatic heterocycles. The molecule has 2 N–H and O–H groups in total. The Bertz CT molecular complexity index is 1130. The largest absolute Gasteiger partial charge is 0.611 e. The van der Waals surface area contributed by atoms with Gasteiger partial charge in [0.2, 0.25) is 4.21 Å². The quantitative estimate of drug-likeness (QED) is 0.355. The maximum Gasteiger partial charge on any atom is 0.232 e. The van der Waals surface area contributed by atoms with E-state index in [0.29, 0.717) is 56.1 Å². The number of methoxy groups -OCH3 is 1. The fourth-order valence-electron chi connectivity index (χ4n) is 2.94. The summed E-state index contributed by atoms with van der Waals surface area (Å²) in [5.41, 5.74) is 9.00. The average molecular weight is 429 g/mol. The highest BCUT2D eigenvalue weighted by molar-refractivity contribution is 7.93. The molecular weight excluding hydrogens is 408 g/mol. The van der Waals surface area contributed by atoms with Crippen molar-refractivity contribution in [2.24, 2.45) is 7.05 Å². The van der Waals surface area contributed by atoms with Gasteiger partial charge in [-0.2, -0.15) is 0 Å². The second-order valence-electron chi connectivity index (χ2n) is 6.44. The third kappa shape index (κ3) is 3.97. The monoisotopic (exact) mass is 428 g/mol. The minimum absolute atomic E-state index is 0.458. The van der Waals surface area contributed by atoms with Crippen LogP contribution in [0.25, 0.3) is 33.0 Å². The molecule has 1 unspecified atom stereocenters. The highest BCUT2D eigenvalue weighted by atomic mass is 32.2. The van der Waals surface area contributed by atoms with E-state index in [4.69, 9.17) is 20.4 Å². The predicted molar refractivity (Wildman–Crippen MR) is 115 cm³/mol. The Morgan fingerprint density at radius 3 is 2.90 bits per heavy atom. The highest BCUT2D eigenvalue weighted by Gasteiger charge is 2.26. The lowest BCUT2D eigenvalue weighted by molar-refractivity contribution is 0.199. The van der Waals surface area contributed by atoms with Gasteiger partial charge < -0.3 is 19.6 Å². The third-order valence-electron chi connectivity index (χ3n) is 4.31. The number of ether oxygens (including phenoxy) is 1. The lowest BCUT2D eigenvalue weighted by atomic mass is 10.2. The number of fused-ring (bicyclic) bond motifs is 1. The van der Waals surface area contributed by atoms with Crippen molar-refractivity contribution < 1.29 is 9.29 Å². The van der Waals surface area contributed by atoms with Gasteiger partial charge in [0, 0.05) is 44.7 Å². The van der Waals surface area contributed by atoms with Crippen molar-refractivity contribution in [1.29, 1.82) is 0 Å². The van der Waals surface area contributed by atoms with E-state index >= 15 is 0 Å². The molecule has 10 heteroatoms.